The Bertz CT molecular complexity index is 678. The molecule has 2 aliphatic rings. The molecule has 1 aromatic heterocycles. The lowest BCUT2D eigenvalue weighted by Crippen LogP contribution is -2.60. The third kappa shape index (κ3) is 2.95. The first kappa shape index (κ1) is 15.7. The number of hydrogen-bond donors (Lipinski definition) is 1. The first-order valence-corrected chi connectivity index (χ1v) is 8.36. The highest BCUT2D eigenvalue weighted by atomic mass is 19.1. The van der Waals surface area contributed by atoms with Crippen LogP contribution in [0.4, 0.5) is 4.39 Å². The van der Waals surface area contributed by atoms with Gasteiger partial charge < -0.3 is 9.84 Å². The molecule has 2 saturated heterocycles. The van der Waals surface area contributed by atoms with E-state index in [-0.39, 0.29) is 17.9 Å². The Morgan fingerprint density at radius 3 is 2.46 bits per heavy atom. The van der Waals surface area contributed by atoms with Crippen molar-refractivity contribution in [2.75, 3.05) is 13.2 Å². The first-order chi connectivity index (χ1) is 11.6. The fourth-order valence-electron chi connectivity index (χ4n) is 3.96. The Morgan fingerprint density at radius 2 is 1.83 bits per heavy atom. The van der Waals surface area contributed by atoms with Crippen LogP contribution in [0.3, 0.4) is 0 Å². The van der Waals surface area contributed by atoms with Crippen LogP contribution < -0.4 is 0 Å². The Hall–Kier alpha value is -1.82. The van der Waals surface area contributed by atoms with E-state index in [0.717, 1.165) is 6.54 Å². The van der Waals surface area contributed by atoms with Gasteiger partial charge in [-0.15, -0.1) is 0 Å². The van der Waals surface area contributed by atoms with Gasteiger partial charge in [-0.2, -0.15) is 0 Å². The number of ether oxygens (including phenoxy) is 1. The van der Waals surface area contributed by atoms with E-state index < -0.39 is 5.60 Å². The van der Waals surface area contributed by atoms with Crippen LogP contribution in [0.15, 0.2) is 48.7 Å². The van der Waals surface area contributed by atoms with Gasteiger partial charge in [0.2, 0.25) is 0 Å². The highest BCUT2D eigenvalue weighted by Gasteiger charge is 2.47. The number of piperidine rings is 1. The zero-order chi connectivity index (χ0) is 16.6. The van der Waals surface area contributed by atoms with E-state index in [1.54, 1.807) is 6.07 Å². The summed E-state index contributed by atoms with van der Waals surface area (Å²) in [7, 11) is 0. The molecule has 2 bridgehead atoms. The zero-order valence-corrected chi connectivity index (χ0v) is 13.4. The van der Waals surface area contributed by atoms with E-state index in [0.29, 0.717) is 31.7 Å². The molecule has 126 valence electrons. The van der Waals surface area contributed by atoms with Crippen molar-refractivity contribution in [2.45, 2.75) is 37.1 Å². The maximum Gasteiger partial charge on any atom is 0.141 e. The van der Waals surface area contributed by atoms with Gasteiger partial charge in [0.25, 0.3) is 0 Å². The van der Waals surface area contributed by atoms with Crippen LogP contribution in [-0.4, -0.2) is 40.3 Å². The van der Waals surface area contributed by atoms with Crippen molar-refractivity contribution in [1.29, 1.82) is 0 Å². The van der Waals surface area contributed by atoms with Crippen molar-refractivity contribution < 1.29 is 14.2 Å². The zero-order valence-electron chi connectivity index (χ0n) is 13.4. The summed E-state index contributed by atoms with van der Waals surface area (Å²) in [5.41, 5.74) is 0.805. The Labute approximate surface area is 140 Å². The number of aromatic nitrogens is 1. The summed E-state index contributed by atoms with van der Waals surface area (Å²) in [5, 5.41) is 11.2. The van der Waals surface area contributed by atoms with Gasteiger partial charge in [-0.05, 0) is 30.5 Å². The van der Waals surface area contributed by atoms with E-state index in [9.17, 15) is 9.50 Å². The smallest absolute Gasteiger partial charge is 0.141 e. The van der Waals surface area contributed by atoms with Gasteiger partial charge in [-0.3, -0.25) is 9.88 Å². The monoisotopic (exact) mass is 328 g/mol. The van der Waals surface area contributed by atoms with Crippen molar-refractivity contribution in [3.05, 3.63) is 65.7 Å². The SMILES string of the molecule is OC1(c2ccc(F)cn2)CC2COCC(C1)N2Cc1ccccc1. The number of morpholine rings is 1. The maximum atomic E-state index is 13.1. The topological polar surface area (TPSA) is 45.6 Å². The van der Waals surface area contributed by atoms with Gasteiger partial charge in [0, 0.05) is 18.6 Å². The lowest BCUT2D eigenvalue weighted by molar-refractivity contribution is -0.151. The minimum Gasteiger partial charge on any atom is -0.383 e. The molecule has 0 spiro atoms. The molecule has 2 atom stereocenters. The standard InChI is InChI=1S/C19H21FN2O2/c20-15-6-7-18(21-10-15)19(23)8-16-12-24-13-17(9-19)22(16)11-14-4-2-1-3-5-14/h1-7,10,16-17,23H,8-9,11-13H2. The first-order valence-electron chi connectivity index (χ1n) is 8.36. The largest absolute Gasteiger partial charge is 0.383 e. The molecule has 2 aliphatic heterocycles. The third-order valence-electron chi connectivity index (χ3n) is 5.12. The molecule has 24 heavy (non-hydrogen) atoms. The van der Waals surface area contributed by atoms with E-state index in [4.69, 9.17) is 4.74 Å². The average Bonchev–Trinajstić information content (AvgIpc) is 2.57. The highest BCUT2D eigenvalue weighted by molar-refractivity contribution is 5.19. The predicted octanol–water partition coefficient (Wildman–Crippen LogP) is 2.47. The molecule has 0 aliphatic carbocycles. The molecular formula is C19H21FN2O2. The minimum absolute atomic E-state index is 0.134. The molecule has 2 unspecified atom stereocenters. The summed E-state index contributed by atoms with van der Waals surface area (Å²) >= 11 is 0. The predicted molar refractivity (Wildman–Crippen MR) is 87.7 cm³/mol. The molecule has 5 heteroatoms. The van der Waals surface area contributed by atoms with E-state index >= 15 is 0 Å². The number of halogens is 1. The number of benzene rings is 1. The maximum absolute atomic E-state index is 13.1. The van der Waals surface area contributed by atoms with Crippen molar-refractivity contribution in [3.63, 3.8) is 0 Å². The fraction of sp³-hybridized carbons (Fsp3) is 0.421. The summed E-state index contributed by atoms with van der Waals surface area (Å²) < 4.78 is 18.9. The van der Waals surface area contributed by atoms with Gasteiger partial charge in [0.1, 0.15) is 11.4 Å². The summed E-state index contributed by atoms with van der Waals surface area (Å²) in [6, 6.07) is 13.6. The second-order valence-corrected chi connectivity index (χ2v) is 6.80. The average molecular weight is 328 g/mol. The molecule has 4 rings (SSSR count). The van der Waals surface area contributed by atoms with Crippen molar-refractivity contribution >= 4 is 0 Å². The summed E-state index contributed by atoms with van der Waals surface area (Å²) in [4.78, 5) is 6.55. The number of nitrogens with zero attached hydrogens (tertiary/aromatic N) is 2. The van der Waals surface area contributed by atoms with Crippen molar-refractivity contribution in [3.8, 4) is 0 Å². The highest BCUT2D eigenvalue weighted by Crippen LogP contribution is 2.40. The van der Waals surface area contributed by atoms with Gasteiger partial charge >= 0.3 is 0 Å². The number of pyridine rings is 1. The molecule has 3 heterocycles. The second kappa shape index (κ2) is 6.24. The van der Waals surface area contributed by atoms with Crippen LogP contribution in [0.5, 0.6) is 0 Å². The molecule has 1 N–H and O–H groups in total. The third-order valence-corrected chi connectivity index (χ3v) is 5.12. The lowest BCUT2D eigenvalue weighted by Gasteiger charge is -2.51. The summed E-state index contributed by atoms with van der Waals surface area (Å²) in [6.07, 6.45) is 2.28. The van der Waals surface area contributed by atoms with Crippen LogP contribution in [0, 0.1) is 5.82 Å². The fourth-order valence-corrected chi connectivity index (χ4v) is 3.96. The molecule has 2 aromatic rings. The number of fused-ring (bicyclic) bond motifs is 2. The van der Waals surface area contributed by atoms with Gasteiger partial charge in [0.05, 0.1) is 25.1 Å². The van der Waals surface area contributed by atoms with E-state index in [1.165, 1.54) is 17.8 Å². The number of hydrogen-bond acceptors (Lipinski definition) is 4. The van der Waals surface area contributed by atoms with Crippen LogP contribution in [-0.2, 0) is 16.9 Å². The molecule has 4 nitrogen and oxygen atoms in total. The van der Waals surface area contributed by atoms with Crippen molar-refractivity contribution in [2.24, 2.45) is 0 Å². The Balaban J connectivity index is 1.57. The minimum atomic E-state index is -1.01. The number of aliphatic hydroxyl groups is 1. The normalized spacial score (nSPS) is 30.2. The lowest BCUT2D eigenvalue weighted by atomic mass is 9.78. The molecule has 1 aromatic carbocycles. The van der Waals surface area contributed by atoms with Crippen molar-refractivity contribution in [1.82, 2.24) is 9.88 Å². The van der Waals surface area contributed by atoms with Gasteiger partial charge in [-0.1, -0.05) is 30.3 Å². The molecule has 0 radical (unpaired) electrons. The quantitative estimate of drug-likeness (QED) is 0.940. The molecule has 2 fully saturated rings. The van der Waals surface area contributed by atoms with Crippen LogP contribution >= 0.6 is 0 Å². The van der Waals surface area contributed by atoms with Crippen LogP contribution in [0.1, 0.15) is 24.1 Å². The molecule has 0 saturated carbocycles. The Morgan fingerprint density at radius 1 is 1.12 bits per heavy atom. The number of rotatable bonds is 3. The van der Waals surface area contributed by atoms with E-state index in [1.807, 2.05) is 18.2 Å². The van der Waals surface area contributed by atoms with Crippen LogP contribution in [0.2, 0.25) is 0 Å². The van der Waals surface area contributed by atoms with E-state index in [2.05, 4.69) is 22.0 Å². The second-order valence-electron chi connectivity index (χ2n) is 6.80. The molecular weight excluding hydrogens is 307 g/mol. The van der Waals surface area contributed by atoms with Crippen LogP contribution in [0.25, 0.3) is 0 Å². The summed E-state index contributed by atoms with van der Waals surface area (Å²) in [6.45, 7) is 2.06. The summed E-state index contributed by atoms with van der Waals surface area (Å²) in [5.74, 6) is -0.382. The molecule has 0 amide bonds. The van der Waals surface area contributed by atoms with Gasteiger partial charge in [0.15, 0.2) is 0 Å². The van der Waals surface area contributed by atoms with Gasteiger partial charge in [-0.25, -0.2) is 4.39 Å². The Kier molecular flexibility index (Phi) is 4.08.